The Morgan fingerprint density at radius 1 is 0.950 bits per heavy atom. The highest BCUT2D eigenvalue weighted by atomic mass is 16.5. The highest BCUT2D eigenvalue weighted by Crippen LogP contribution is 2.39. The number of urea groups is 1. The Labute approximate surface area is 234 Å². The van der Waals surface area contributed by atoms with E-state index in [9.17, 15) is 4.79 Å². The Morgan fingerprint density at radius 2 is 1.68 bits per heavy atom. The number of methoxy groups -OCH3 is 1. The number of ether oxygens (including phenoxy) is 1. The third-order valence-electron chi connectivity index (χ3n) is 7.42. The maximum absolute atomic E-state index is 14.2. The topological polar surface area (TPSA) is 67.6 Å². The maximum Gasteiger partial charge on any atom is 0.323 e. The van der Waals surface area contributed by atoms with Crippen molar-refractivity contribution in [3.8, 4) is 17.3 Å². The lowest BCUT2D eigenvalue weighted by Crippen LogP contribution is -2.38. The number of nitrogens with one attached hydrogen (secondary N) is 1. The van der Waals surface area contributed by atoms with Gasteiger partial charge in [-0.3, -0.25) is 0 Å². The number of benzene rings is 3. The number of aromatic nitrogens is 3. The molecule has 1 aliphatic heterocycles. The summed E-state index contributed by atoms with van der Waals surface area (Å²) in [5.41, 5.74) is 6.53. The predicted molar refractivity (Wildman–Crippen MR) is 158 cm³/mol. The average Bonchev–Trinajstić information content (AvgIpc) is 3.54. The van der Waals surface area contributed by atoms with E-state index in [1.54, 1.807) is 7.11 Å². The van der Waals surface area contributed by atoms with Crippen molar-refractivity contribution in [3.05, 3.63) is 120 Å². The third-order valence-corrected chi connectivity index (χ3v) is 7.42. The summed E-state index contributed by atoms with van der Waals surface area (Å²) in [5, 5.41) is 8.05. The zero-order chi connectivity index (χ0) is 27.8. The van der Waals surface area contributed by atoms with Gasteiger partial charge in [0.15, 0.2) is 0 Å². The number of rotatable bonds is 5. The van der Waals surface area contributed by atoms with Crippen LogP contribution in [-0.4, -0.2) is 46.5 Å². The van der Waals surface area contributed by atoms with Crippen LogP contribution in [0.5, 0.6) is 5.75 Å². The number of para-hydroxylation sites is 3. The number of fused-ring (bicyclic) bond motifs is 3. The first-order valence-corrected chi connectivity index (χ1v) is 13.3. The Morgan fingerprint density at radius 3 is 2.40 bits per heavy atom. The SMILES string of the molecule is COc1ccccc1NC(=O)N1Cc2c(C)nn(-c3ccccc3)c2-n2cccc2[C@H]1c1ccc(N(C)C)cc1. The summed E-state index contributed by atoms with van der Waals surface area (Å²) < 4.78 is 9.67. The highest BCUT2D eigenvalue weighted by Gasteiger charge is 2.36. The fraction of sp³-hybridized carbons (Fsp3) is 0.188. The van der Waals surface area contributed by atoms with E-state index in [1.807, 2.05) is 91.3 Å². The van der Waals surface area contributed by atoms with Gasteiger partial charge in [0.05, 0.1) is 42.5 Å². The largest absolute Gasteiger partial charge is 0.495 e. The molecule has 0 spiro atoms. The first-order chi connectivity index (χ1) is 19.5. The first kappa shape index (κ1) is 25.3. The molecule has 202 valence electrons. The Hall–Kier alpha value is -4.98. The van der Waals surface area contributed by atoms with Crippen LogP contribution in [0.15, 0.2) is 97.2 Å². The molecule has 0 saturated heterocycles. The van der Waals surface area contributed by atoms with E-state index in [2.05, 4.69) is 51.3 Å². The second kappa shape index (κ2) is 10.3. The molecular formula is C32H32N6O2. The van der Waals surface area contributed by atoms with Crippen molar-refractivity contribution < 1.29 is 9.53 Å². The number of hydrogen-bond donors (Lipinski definition) is 1. The van der Waals surface area contributed by atoms with Gasteiger partial charge in [0, 0.05) is 31.5 Å². The molecule has 2 aromatic heterocycles. The third kappa shape index (κ3) is 4.37. The molecule has 3 aromatic carbocycles. The minimum absolute atomic E-state index is 0.223. The van der Waals surface area contributed by atoms with Crippen LogP contribution >= 0.6 is 0 Å². The molecule has 40 heavy (non-hydrogen) atoms. The van der Waals surface area contributed by atoms with Crippen molar-refractivity contribution in [1.82, 2.24) is 19.2 Å². The van der Waals surface area contributed by atoms with Crippen molar-refractivity contribution in [3.63, 3.8) is 0 Å². The predicted octanol–water partition coefficient (Wildman–Crippen LogP) is 6.18. The normalized spacial score (nSPS) is 14.2. The molecule has 0 bridgehead atoms. The van der Waals surface area contributed by atoms with Gasteiger partial charge in [0.1, 0.15) is 11.6 Å². The summed E-state index contributed by atoms with van der Waals surface area (Å²) in [6.45, 7) is 2.38. The van der Waals surface area contributed by atoms with Crippen LogP contribution < -0.4 is 15.0 Å². The molecule has 8 nitrogen and oxygen atoms in total. The number of nitrogens with zero attached hydrogens (tertiary/aromatic N) is 5. The maximum atomic E-state index is 14.2. The van der Waals surface area contributed by atoms with E-state index >= 15 is 0 Å². The number of carbonyl (C=O) groups is 1. The fourth-order valence-corrected chi connectivity index (χ4v) is 5.39. The van der Waals surface area contributed by atoms with Gasteiger partial charge in [0.2, 0.25) is 0 Å². The Bertz CT molecular complexity index is 1650. The molecule has 6 rings (SSSR count). The zero-order valence-corrected chi connectivity index (χ0v) is 23.1. The van der Waals surface area contributed by atoms with E-state index in [0.29, 0.717) is 18.0 Å². The van der Waals surface area contributed by atoms with Crippen LogP contribution in [0.4, 0.5) is 16.2 Å². The van der Waals surface area contributed by atoms with Gasteiger partial charge < -0.3 is 24.4 Å². The van der Waals surface area contributed by atoms with Gasteiger partial charge in [-0.2, -0.15) is 5.10 Å². The quantitative estimate of drug-likeness (QED) is 0.293. The number of hydrogen-bond acceptors (Lipinski definition) is 4. The summed E-state index contributed by atoms with van der Waals surface area (Å²) in [6, 6.07) is 29.5. The van der Waals surface area contributed by atoms with Gasteiger partial charge in [0.25, 0.3) is 0 Å². The number of carbonyl (C=O) groups excluding carboxylic acids is 1. The van der Waals surface area contributed by atoms with E-state index < -0.39 is 0 Å². The van der Waals surface area contributed by atoms with E-state index in [1.165, 1.54) is 0 Å². The second-order valence-electron chi connectivity index (χ2n) is 10.1. The lowest BCUT2D eigenvalue weighted by atomic mass is 10.0. The molecule has 0 radical (unpaired) electrons. The van der Waals surface area contributed by atoms with E-state index in [4.69, 9.17) is 9.84 Å². The summed E-state index contributed by atoms with van der Waals surface area (Å²) in [4.78, 5) is 18.1. The standard InChI is InChI=1S/C32H32N6O2/c1-22-26-21-37(32(39)33-27-13-8-9-15-29(27)40-4)30(23-16-18-24(19-17-23)35(2)3)28-14-10-20-36(28)31(26)38(34-22)25-11-6-5-7-12-25/h5-20,30H,21H2,1-4H3,(H,33,39)/t30-/m1/s1. The highest BCUT2D eigenvalue weighted by molar-refractivity contribution is 5.91. The number of anilines is 2. The molecule has 0 unspecified atom stereocenters. The van der Waals surface area contributed by atoms with Crippen molar-refractivity contribution >= 4 is 17.4 Å². The van der Waals surface area contributed by atoms with Crippen molar-refractivity contribution in [2.75, 3.05) is 31.4 Å². The van der Waals surface area contributed by atoms with Crippen LogP contribution in [0, 0.1) is 6.92 Å². The van der Waals surface area contributed by atoms with Crippen molar-refractivity contribution in [1.29, 1.82) is 0 Å². The number of amides is 2. The summed E-state index contributed by atoms with van der Waals surface area (Å²) in [6.07, 6.45) is 2.05. The Balaban J connectivity index is 1.52. The number of aryl methyl sites for hydroxylation is 1. The van der Waals surface area contributed by atoms with E-state index in [0.717, 1.165) is 39.7 Å². The van der Waals surface area contributed by atoms with Gasteiger partial charge >= 0.3 is 6.03 Å². The summed E-state index contributed by atoms with van der Waals surface area (Å²) in [5.74, 6) is 1.54. The lowest BCUT2D eigenvalue weighted by Gasteiger charge is -2.31. The van der Waals surface area contributed by atoms with Gasteiger partial charge in [-0.15, -0.1) is 0 Å². The molecule has 1 atom stereocenters. The van der Waals surface area contributed by atoms with Crippen LogP contribution in [0.25, 0.3) is 11.5 Å². The van der Waals surface area contributed by atoms with Crippen LogP contribution in [0.1, 0.15) is 28.6 Å². The molecule has 0 fully saturated rings. The second-order valence-corrected chi connectivity index (χ2v) is 10.1. The minimum Gasteiger partial charge on any atom is -0.495 e. The molecule has 8 heteroatoms. The monoisotopic (exact) mass is 532 g/mol. The summed E-state index contributed by atoms with van der Waals surface area (Å²) in [7, 11) is 5.65. The molecule has 0 aliphatic carbocycles. The first-order valence-electron chi connectivity index (χ1n) is 13.3. The smallest absolute Gasteiger partial charge is 0.323 e. The Kier molecular flexibility index (Phi) is 6.51. The molecule has 3 heterocycles. The van der Waals surface area contributed by atoms with Gasteiger partial charge in [-0.05, 0) is 61.0 Å². The van der Waals surface area contributed by atoms with Gasteiger partial charge in [-0.1, -0.05) is 42.5 Å². The minimum atomic E-state index is -0.350. The van der Waals surface area contributed by atoms with Crippen LogP contribution in [0.2, 0.25) is 0 Å². The zero-order valence-electron chi connectivity index (χ0n) is 23.1. The van der Waals surface area contributed by atoms with Crippen molar-refractivity contribution in [2.24, 2.45) is 0 Å². The average molecular weight is 533 g/mol. The molecular weight excluding hydrogens is 500 g/mol. The van der Waals surface area contributed by atoms with Gasteiger partial charge in [-0.25, -0.2) is 9.48 Å². The molecule has 5 aromatic rings. The lowest BCUT2D eigenvalue weighted by molar-refractivity contribution is 0.194. The van der Waals surface area contributed by atoms with Crippen molar-refractivity contribution in [2.45, 2.75) is 19.5 Å². The fourth-order valence-electron chi connectivity index (χ4n) is 5.39. The molecule has 1 N–H and O–H groups in total. The van der Waals surface area contributed by atoms with E-state index in [-0.39, 0.29) is 12.1 Å². The molecule has 1 aliphatic rings. The van der Waals surface area contributed by atoms with Crippen LogP contribution in [-0.2, 0) is 6.54 Å². The van der Waals surface area contributed by atoms with Crippen LogP contribution in [0.3, 0.4) is 0 Å². The summed E-state index contributed by atoms with van der Waals surface area (Å²) >= 11 is 0. The molecule has 2 amide bonds. The molecule has 0 saturated carbocycles.